The zero-order chi connectivity index (χ0) is 13.1. The fourth-order valence-corrected chi connectivity index (χ4v) is 3.31. The molecule has 0 aliphatic rings. The summed E-state index contributed by atoms with van der Waals surface area (Å²) in [4.78, 5) is 1.02. The van der Waals surface area contributed by atoms with E-state index in [1.165, 1.54) is 0 Å². The van der Waals surface area contributed by atoms with Crippen LogP contribution in [0.15, 0.2) is 22.1 Å². The van der Waals surface area contributed by atoms with Gasteiger partial charge in [0.25, 0.3) is 0 Å². The molecule has 0 saturated carbocycles. The van der Waals surface area contributed by atoms with Gasteiger partial charge in [-0.3, -0.25) is 4.68 Å². The summed E-state index contributed by atoms with van der Waals surface area (Å²) >= 11 is 5.12. The van der Waals surface area contributed by atoms with E-state index in [0.717, 1.165) is 33.8 Å². The maximum Gasteiger partial charge on any atom is 0.134 e. The van der Waals surface area contributed by atoms with E-state index in [2.05, 4.69) is 28.0 Å². The Bertz CT molecular complexity index is 523. The first-order valence-corrected chi connectivity index (χ1v) is 7.44. The smallest absolute Gasteiger partial charge is 0.134 e. The summed E-state index contributed by atoms with van der Waals surface area (Å²) in [5.41, 5.74) is 7.35. The Labute approximate surface area is 119 Å². The van der Waals surface area contributed by atoms with Gasteiger partial charge in [-0.1, -0.05) is 6.92 Å². The molecule has 0 radical (unpaired) electrons. The number of hydrogen-bond donors (Lipinski definition) is 1. The van der Waals surface area contributed by atoms with Gasteiger partial charge in [-0.2, -0.15) is 5.10 Å². The van der Waals surface area contributed by atoms with Crippen LogP contribution >= 0.6 is 27.3 Å². The summed E-state index contributed by atoms with van der Waals surface area (Å²) in [6.45, 7) is 2.99. The maximum atomic E-state index is 6.35. The van der Waals surface area contributed by atoms with Gasteiger partial charge in [0.2, 0.25) is 0 Å². The first-order valence-electron chi connectivity index (χ1n) is 5.77. The molecule has 0 aromatic carbocycles. The van der Waals surface area contributed by atoms with Crippen molar-refractivity contribution >= 4 is 27.3 Å². The number of ether oxygens (including phenoxy) is 1. The fraction of sp³-hybridized carbons (Fsp3) is 0.417. The summed E-state index contributed by atoms with van der Waals surface area (Å²) in [5.74, 6) is 0.837. The first-order chi connectivity index (χ1) is 8.69. The van der Waals surface area contributed by atoms with Crippen LogP contribution in [-0.2, 0) is 6.54 Å². The molecular formula is C12H16BrN3OS. The van der Waals surface area contributed by atoms with Gasteiger partial charge in [-0.15, -0.1) is 11.3 Å². The lowest BCUT2D eigenvalue weighted by Gasteiger charge is -2.15. The molecule has 2 aromatic rings. The Morgan fingerprint density at radius 2 is 2.39 bits per heavy atom. The second kappa shape index (κ2) is 5.86. The fourth-order valence-electron chi connectivity index (χ4n) is 1.90. The van der Waals surface area contributed by atoms with Crippen molar-refractivity contribution in [2.24, 2.45) is 5.73 Å². The molecular weight excluding hydrogens is 314 g/mol. The van der Waals surface area contributed by atoms with Crippen LogP contribution in [0.3, 0.4) is 0 Å². The van der Waals surface area contributed by atoms with E-state index in [0.29, 0.717) is 0 Å². The predicted octanol–water partition coefficient (Wildman–Crippen LogP) is 3.17. The van der Waals surface area contributed by atoms with Gasteiger partial charge < -0.3 is 10.5 Å². The number of thiophene rings is 1. The van der Waals surface area contributed by atoms with Gasteiger partial charge in [-0.25, -0.2) is 0 Å². The van der Waals surface area contributed by atoms with E-state index in [9.17, 15) is 0 Å². The SMILES string of the molecule is CCCn1ncc(Br)c1C(N)c1sccc1OC. The summed E-state index contributed by atoms with van der Waals surface area (Å²) < 4.78 is 8.23. The van der Waals surface area contributed by atoms with E-state index in [-0.39, 0.29) is 6.04 Å². The van der Waals surface area contributed by atoms with Gasteiger partial charge in [-0.05, 0) is 33.8 Å². The molecule has 0 fully saturated rings. The van der Waals surface area contributed by atoms with Crippen LogP contribution in [0.25, 0.3) is 0 Å². The van der Waals surface area contributed by atoms with Crippen LogP contribution in [0, 0.1) is 0 Å². The Morgan fingerprint density at radius 1 is 1.61 bits per heavy atom. The number of aryl methyl sites for hydroxylation is 1. The minimum absolute atomic E-state index is 0.219. The monoisotopic (exact) mass is 329 g/mol. The standard InChI is InChI=1S/C12H16BrN3OS/c1-3-5-16-11(8(13)7-15-16)10(14)12-9(17-2)4-6-18-12/h4,6-7,10H,3,5,14H2,1-2H3. The van der Waals surface area contributed by atoms with Gasteiger partial charge in [0.05, 0.1) is 34.4 Å². The Kier molecular flexibility index (Phi) is 4.42. The molecule has 0 saturated heterocycles. The van der Waals surface area contributed by atoms with Crippen molar-refractivity contribution in [1.29, 1.82) is 0 Å². The third-order valence-corrected chi connectivity index (χ3v) is 4.32. The summed E-state index contributed by atoms with van der Waals surface area (Å²) in [5, 5.41) is 6.33. The number of halogens is 1. The van der Waals surface area contributed by atoms with Gasteiger partial charge in [0, 0.05) is 6.54 Å². The molecule has 6 heteroatoms. The molecule has 2 heterocycles. The summed E-state index contributed by atoms with van der Waals surface area (Å²) in [6.07, 6.45) is 2.82. The zero-order valence-corrected chi connectivity index (χ0v) is 12.8. The number of nitrogens with zero attached hydrogens (tertiary/aromatic N) is 2. The summed E-state index contributed by atoms with van der Waals surface area (Å²) in [7, 11) is 1.66. The molecule has 4 nitrogen and oxygen atoms in total. The van der Waals surface area contributed by atoms with Crippen molar-refractivity contribution in [1.82, 2.24) is 9.78 Å². The molecule has 0 aliphatic carbocycles. The van der Waals surface area contributed by atoms with E-state index < -0.39 is 0 Å². The van der Waals surface area contributed by atoms with Crippen molar-refractivity contribution in [2.75, 3.05) is 7.11 Å². The van der Waals surface area contributed by atoms with Crippen molar-refractivity contribution in [2.45, 2.75) is 25.9 Å². The highest BCUT2D eigenvalue weighted by molar-refractivity contribution is 9.10. The van der Waals surface area contributed by atoms with Gasteiger partial charge >= 0.3 is 0 Å². The average molecular weight is 330 g/mol. The molecule has 1 unspecified atom stereocenters. The Balaban J connectivity index is 2.39. The number of hydrogen-bond acceptors (Lipinski definition) is 4. The molecule has 98 valence electrons. The van der Waals surface area contributed by atoms with Crippen LogP contribution in [0.4, 0.5) is 0 Å². The van der Waals surface area contributed by atoms with Crippen LogP contribution in [0.2, 0.25) is 0 Å². The highest BCUT2D eigenvalue weighted by Gasteiger charge is 2.22. The summed E-state index contributed by atoms with van der Waals surface area (Å²) in [6, 6.07) is 1.72. The van der Waals surface area contributed by atoms with E-state index in [1.807, 2.05) is 16.1 Å². The number of rotatable bonds is 5. The lowest BCUT2D eigenvalue weighted by molar-refractivity contribution is 0.409. The van der Waals surface area contributed by atoms with Gasteiger partial charge in [0.15, 0.2) is 0 Å². The molecule has 0 bridgehead atoms. The van der Waals surface area contributed by atoms with Crippen molar-refractivity contribution < 1.29 is 4.74 Å². The maximum absolute atomic E-state index is 6.35. The normalized spacial score (nSPS) is 12.7. The van der Waals surface area contributed by atoms with E-state index >= 15 is 0 Å². The number of aromatic nitrogens is 2. The van der Waals surface area contributed by atoms with E-state index in [1.54, 1.807) is 24.6 Å². The molecule has 0 amide bonds. The van der Waals surface area contributed by atoms with E-state index in [4.69, 9.17) is 10.5 Å². The largest absolute Gasteiger partial charge is 0.496 e. The lowest BCUT2D eigenvalue weighted by atomic mass is 10.1. The highest BCUT2D eigenvalue weighted by atomic mass is 79.9. The molecule has 0 aliphatic heterocycles. The van der Waals surface area contributed by atoms with Crippen molar-refractivity contribution in [3.05, 3.63) is 32.7 Å². The molecule has 2 N–H and O–H groups in total. The van der Waals surface area contributed by atoms with Crippen LogP contribution in [0.5, 0.6) is 5.75 Å². The van der Waals surface area contributed by atoms with Crippen molar-refractivity contribution in [3.63, 3.8) is 0 Å². The molecule has 2 rings (SSSR count). The topological polar surface area (TPSA) is 53.1 Å². The number of methoxy groups -OCH3 is 1. The third-order valence-electron chi connectivity index (χ3n) is 2.72. The lowest BCUT2D eigenvalue weighted by Crippen LogP contribution is -2.17. The highest BCUT2D eigenvalue weighted by Crippen LogP contribution is 2.35. The Hall–Kier alpha value is -0.850. The van der Waals surface area contributed by atoms with Crippen molar-refractivity contribution in [3.8, 4) is 5.75 Å². The van der Waals surface area contributed by atoms with Crippen LogP contribution in [-0.4, -0.2) is 16.9 Å². The van der Waals surface area contributed by atoms with Gasteiger partial charge in [0.1, 0.15) is 5.75 Å². The minimum Gasteiger partial charge on any atom is -0.496 e. The molecule has 2 aromatic heterocycles. The minimum atomic E-state index is -0.219. The third kappa shape index (κ3) is 2.46. The number of nitrogens with two attached hydrogens (primary N) is 1. The average Bonchev–Trinajstić information content (AvgIpc) is 2.96. The Morgan fingerprint density at radius 3 is 3.06 bits per heavy atom. The second-order valence-corrected chi connectivity index (χ2v) is 5.73. The van der Waals surface area contributed by atoms with Crippen LogP contribution in [0.1, 0.15) is 30.0 Å². The van der Waals surface area contributed by atoms with Crippen LogP contribution < -0.4 is 10.5 Å². The first kappa shape index (κ1) is 13.6. The molecule has 0 spiro atoms. The zero-order valence-electron chi connectivity index (χ0n) is 10.4. The molecule has 1 atom stereocenters. The predicted molar refractivity (Wildman–Crippen MR) is 77.1 cm³/mol. The quantitative estimate of drug-likeness (QED) is 0.916. The second-order valence-electron chi connectivity index (χ2n) is 3.93. The molecule has 18 heavy (non-hydrogen) atoms.